The number of aryl methyl sites for hydroxylation is 1. The van der Waals surface area contributed by atoms with Crippen molar-refractivity contribution in [2.45, 2.75) is 52.8 Å². The molecular formula is C15H27N3OS. The van der Waals surface area contributed by atoms with E-state index in [-0.39, 0.29) is 6.10 Å². The zero-order chi connectivity index (χ0) is 14.5. The maximum absolute atomic E-state index is 5.95. The third-order valence-electron chi connectivity index (χ3n) is 3.77. The van der Waals surface area contributed by atoms with Gasteiger partial charge in [-0.1, -0.05) is 13.8 Å². The van der Waals surface area contributed by atoms with Crippen LogP contribution in [0.2, 0.25) is 0 Å². The van der Waals surface area contributed by atoms with Crippen molar-refractivity contribution in [3.8, 4) is 0 Å². The molecule has 0 saturated carbocycles. The lowest BCUT2D eigenvalue weighted by Crippen LogP contribution is -2.42. The van der Waals surface area contributed by atoms with Gasteiger partial charge in [-0.3, -0.25) is 4.90 Å². The van der Waals surface area contributed by atoms with Crippen molar-refractivity contribution in [3.63, 3.8) is 0 Å². The molecule has 1 unspecified atom stereocenters. The molecule has 20 heavy (non-hydrogen) atoms. The molecule has 0 aromatic carbocycles. The van der Waals surface area contributed by atoms with Gasteiger partial charge in [0.2, 0.25) is 0 Å². The second-order valence-electron chi connectivity index (χ2n) is 5.50. The van der Waals surface area contributed by atoms with Gasteiger partial charge in [-0.2, -0.15) is 0 Å². The highest BCUT2D eigenvalue weighted by Gasteiger charge is 2.26. The molecule has 1 atom stereocenters. The number of hydrogen-bond donors (Lipinski definition) is 1. The van der Waals surface area contributed by atoms with Crippen LogP contribution in [-0.2, 0) is 17.7 Å². The molecule has 0 aliphatic carbocycles. The Labute approximate surface area is 126 Å². The summed E-state index contributed by atoms with van der Waals surface area (Å²) in [4.78, 5) is 8.67. The number of nitrogens with zero attached hydrogens (tertiary/aromatic N) is 2. The van der Waals surface area contributed by atoms with Gasteiger partial charge in [-0.15, -0.1) is 11.3 Å². The number of nitrogens with one attached hydrogen (secondary N) is 1. The monoisotopic (exact) mass is 297 g/mol. The van der Waals surface area contributed by atoms with Crippen molar-refractivity contribution >= 4 is 11.3 Å². The van der Waals surface area contributed by atoms with Gasteiger partial charge in [0.1, 0.15) is 11.1 Å². The molecular weight excluding hydrogens is 270 g/mol. The zero-order valence-electron chi connectivity index (χ0n) is 13.1. The smallest absolute Gasteiger partial charge is 0.123 e. The minimum absolute atomic E-state index is 0.150. The van der Waals surface area contributed by atoms with E-state index in [4.69, 9.17) is 9.72 Å². The number of aromatic nitrogens is 1. The average Bonchev–Trinajstić information content (AvgIpc) is 2.88. The van der Waals surface area contributed by atoms with Crippen LogP contribution in [0.4, 0.5) is 0 Å². The Morgan fingerprint density at radius 1 is 1.45 bits per heavy atom. The molecule has 1 aromatic rings. The van der Waals surface area contributed by atoms with Crippen LogP contribution >= 0.6 is 11.3 Å². The lowest BCUT2D eigenvalue weighted by atomic mass is 10.2. The van der Waals surface area contributed by atoms with Crippen LogP contribution in [-0.4, -0.2) is 42.2 Å². The molecule has 0 amide bonds. The molecule has 0 bridgehead atoms. The van der Waals surface area contributed by atoms with Crippen LogP contribution in [0.15, 0.2) is 0 Å². The largest absolute Gasteiger partial charge is 0.368 e. The maximum Gasteiger partial charge on any atom is 0.123 e. The Kier molecular flexibility index (Phi) is 5.96. The molecule has 1 aromatic heterocycles. The lowest BCUT2D eigenvalue weighted by molar-refractivity contribution is -0.0403. The first kappa shape index (κ1) is 15.9. The van der Waals surface area contributed by atoms with Crippen LogP contribution in [0.25, 0.3) is 0 Å². The van der Waals surface area contributed by atoms with Gasteiger partial charge in [-0.05, 0) is 26.8 Å². The van der Waals surface area contributed by atoms with Gasteiger partial charge >= 0.3 is 0 Å². The zero-order valence-corrected chi connectivity index (χ0v) is 13.9. The first-order chi connectivity index (χ1) is 9.65. The quantitative estimate of drug-likeness (QED) is 0.876. The van der Waals surface area contributed by atoms with E-state index in [1.54, 1.807) is 0 Å². The van der Waals surface area contributed by atoms with Gasteiger partial charge in [0.15, 0.2) is 0 Å². The summed E-state index contributed by atoms with van der Waals surface area (Å²) in [6.07, 6.45) is 1.15. The molecule has 5 heteroatoms. The van der Waals surface area contributed by atoms with E-state index < -0.39 is 0 Å². The number of morpholine rings is 1. The molecule has 1 saturated heterocycles. The molecule has 2 rings (SSSR count). The highest BCUT2D eigenvalue weighted by molar-refractivity contribution is 7.11. The summed E-state index contributed by atoms with van der Waals surface area (Å²) in [5, 5.41) is 4.55. The van der Waals surface area contributed by atoms with E-state index >= 15 is 0 Å². The van der Waals surface area contributed by atoms with Crippen molar-refractivity contribution in [3.05, 3.63) is 15.6 Å². The molecule has 1 aliphatic rings. The summed E-state index contributed by atoms with van der Waals surface area (Å²) >= 11 is 1.82. The van der Waals surface area contributed by atoms with Crippen molar-refractivity contribution in [1.29, 1.82) is 0 Å². The van der Waals surface area contributed by atoms with Crippen molar-refractivity contribution < 1.29 is 4.74 Å². The molecule has 1 N–H and O–H groups in total. The fourth-order valence-corrected chi connectivity index (χ4v) is 3.65. The Morgan fingerprint density at radius 2 is 2.25 bits per heavy atom. The minimum Gasteiger partial charge on any atom is -0.368 e. The molecule has 114 valence electrons. The first-order valence-electron chi connectivity index (χ1n) is 7.70. The summed E-state index contributed by atoms with van der Waals surface area (Å²) in [6, 6.07) is 0.577. The van der Waals surface area contributed by atoms with Gasteiger partial charge < -0.3 is 10.1 Å². The van der Waals surface area contributed by atoms with E-state index in [1.807, 2.05) is 11.3 Å². The highest BCUT2D eigenvalue weighted by Crippen LogP contribution is 2.29. The van der Waals surface area contributed by atoms with Crippen molar-refractivity contribution in [2.24, 2.45) is 0 Å². The van der Waals surface area contributed by atoms with E-state index in [2.05, 4.69) is 37.9 Å². The van der Waals surface area contributed by atoms with E-state index in [1.165, 1.54) is 10.6 Å². The van der Waals surface area contributed by atoms with Crippen molar-refractivity contribution in [2.75, 3.05) is 26.2 Å². The van der Waals surface area contributed by atoms with Crippen LogP contribution < -0.4 is 5.32 Å². The molecule has 1 aliphatic heterocycles. The number of thiazole rings is 1. The maximum atomic E-state index is 5.95. The van der Waals surface area contributed by atoms with E-state index in [0.717, 1.165) is 44.2 Å². The lowest BCUT2D eigenvalue weighted by Gasteiger charge is -2.34. The van der Waals surface area contributed by atoms with Crippen LogP contribution in [0.5, 0.6) is 0 Å². The summed E-state index contributed by atoms with van der Waals surface area (Å²) in [5.74, 6) is 0. The standard InChI is InChI=1S/C15H27N3OS/c1-5-12-14(9-16-6-2)20-15(17-12)13-10-18(11(3)4)7-8-19-13/h11,13,16H,5-10H2,1-4H3. The fraction of sp³-hybridized carbons (Fsp3) is 0.800. The number of ether oxygens (including phenoxy) is 1. The van der Waals surface area contributed by atoms with Gasteiger partial charge in [-0.25, -0.2) is 4.98 Å². The Bertz CT molecular complexity index is 419. The number of rotatable bonds is 6. The van der Waals surface area contributed by atoms with Gasteiger partial charge in [0.05, 0.1) is 12.3 Å². The molecule has 4 nitrogen and oxygen atoms in total. The highest BCUT2D eigenvalue weighted by atomic mass is 32.1. The number of hydrogen-bond acceptors (Lipinski definition) is 5. The molecule has 0 spiro atoms. The van der Waals surface area contributed by atoms with Crippen LogP contribution in [0.1, 0.15) is 49.4 Å². The van der Waals surface area contributed by atoms with Gasteiger partial charge in [0.25, 0.3) is 0 Å². The first-order valence-corrected chi connectivity index (χ1v) is 8.52. The molecule has 2 heterocycles. The normalized spacial score (nSPS) is 20.8. The minimum atomic E-state index is 0.150. The van der Waals surface area contributed by atoms with E-state index in [9.17, 15) is 0 Å². The van der Waals surface area contributed by atoms with Crippen LogP contribution in [0, 0.1) is 0 Å². The third-order valence-corrected chi connectivity index (χ3v) is 4.96. The summed E-state index contributed by atoms with van der Waals surface area (Å²) in [5.41, 5.74) is 1.23. The Hall–Kier alpha value is -0.490. The van der Waals surface area contributed by atoms with Crippen LogP contribution in [0.3, 0.4) is 0 Å². The van der Waals surface area contributed by atoms with Crippen molar-refractivity contribution in [1.82, 2.24) is 15.2 Å². The Balaban J connectivity index is 2.09. The summed E-state index contributed by atoms with van der Waals surface area (Å²) in [7, 11) is 0. The third kappa shape index (κ3) is 3.79. The fourth-order valence-electron chi connectivity index (χ4n) is 2.48. The van der Waals surface area contributed by atoms with Gasteiger partial charge in [0, 0.05) is 30.6 Å². The predicted octanol–water partition coefficient (Wildman–Crippen LogP) is 2.60. The van der Waals surface area contributed by atoms with E-state index in [0.29, 0.717) is 6.04 Å². The Morgan fingerprint density at radius 3 is 2.90 bits per heavy atom. The topological polar surface area (TPSA) is 37.4 Å². The molecule has 1 fully saturated rings. The average molecular weight is 297 g/mol. The SMILES string of the molecule is CCNCc1sc(C2CN(C(C)C)CCO2)nc1CC. The second kappa shape index (κ2) is 7.50. The summed E-state index contributed by atoms with van der Waals surface area (Å²) in [6.45, 7) is 13.5. The molecule has 0 radical (unpaired) electrons. The summed E-state index contributed by atoms with van der Waals surface area (Å²) < 4.78 is 5.95. The predicted molar refractivity (Wildman–Crippen MR) is 84.3 cm³/mol. The second-order valence-corrected chi connectivity index (χ2v) is 6.62.